The van der Waals surface area contributed by atoms with Crippen molar-refractivity contribution in [3.8, 4) is 0 Å². The molecule has 1 fully saturated rings. The normalized spacial score (nSPS) is 22.8. The number of carboxylic acid groups (broad SMARTS) is 1. The predicted octanol–water partition coefficient (Wildman–Crippen LogP) is 1.36. The quantitative estimate of drug-likeness (QED) is 0.860. The number of aliphatic carboxylic acids is 1. The molecule has 0 bridgehead atoms. The standard InChI is InChI=1S/C15H18FNO4/c1-10(7-11-3-2-4-12(16)8-11)13(18)17-15(14(19)20)5-6-21-9-15/h2-4,8,10H,5-7,9H2,1H3,(H,17,18)(H,19,20). The van der Waals surface area contributed by atoms with E-state index in [-0.39, 0.29) is 24.8 Å². The smallest absolute Gasteiger partial charge is 0.331 e. The van der Waals surface area contributed by atoms with Crippen molar-refractivity contribution in [1.82, 2.24) is 5.32 Å². The van der Waals surface area contributed by atoms with Crippen LogP contribution in [0.15, 0.2) is 24.3 Å². The topological polar surface area (TPSA) is 75.6 Å². The van der Waals surface area contributed by atoms with Crippen molar-refractivity contribution in [3.63, 3.8) is 0 Å². The van der Waals surface area contributed by atoms with E-state index in [0.29, 0.717) is 18.6 Å². The van der Waals surface area contributed by atoms with Crippen molar-refractivity contribution in [2.45, 2.75) is 25.3 Å². The van der Waals surface area contributed by atoms with Gasteiger partial charge in [0.25, 0.3) is 0 Å². The summed E-state index contributed by atoms with van der Waals surface area (Å²) >= 11 is 0. The molecule has 1 saturated heterocycles. The maximum absolute atomic E-state index is 13.1. The van der Waals surface area contributed by atoms with E-state index in [1.54, 1.807) is 19.1 Å². The SMILES string of the molecule is CC(Cc1cccc(F)c1)C(=O)NC1(C(=O)O)CCOC1. The molecule has 1 aromatic rings. The Hall–Kier alpha value is -1.95. The van der Waals surface area contributed by atoms with Crippen LogP contribution in [0.4, 0.5) is 4.39 Å². The number of amides is 1. The van der Waals surface area contributed by atoms with E-state index >= 15 is 0 Å². The van der Waals surface area contributed by atoms with E-state index < -0.39 is 17.4 Å². The Bertz CT molecular complexity index is 540. The molecule has 114 valence electrons. The van der Waals surface area contributed by atoms with Crippen molar-refractivity contribution in [1.29, 1.82) is 0 Å². The number of hydrogen-bond acceptors (Lipinski definition) is 3. The van der Waals surface area contributed by atoms with E-state index in [1.165, 1.54) is 12.1 Å². The molecule has 21 heavy (non-hydrogen) atoms. The van der Waals surface area contributed by atoms with Crippen LogP contribution >= 0.6 is 0 Å². The van der Waals surface area contributed by atoms with Crippen molar-refractivity contribution in [3.05, 3.63) is 35.6 Å². The average molecular weight is 295 g/mol. The molecule has 1 aromatic carbocycles. The zero-order valence-corrected chi connectivity index (χ0v) is 11.8. The highest BCUT2D eigenvalue weighted by atomic mass is 19.1. The van der Waals surface area contributed by atoms with Gasteiger partial charge < -0.3 is 15.2 Å². The molecule has 0 aliphatic carbocycles. The molecule has 2 rings (SSSR count). The number of carboxylic acids is 1. The maximum atomic E-state index is 13.1. The largest absolute Gasteiger partial charge is 0.479 e. The van der Waals surface area contributed by atoms with Crippen LogP contribution < -0.4 is 5.32 Å². The van der Waals surface area contributed by atoms with Crippen LogP contribution in [0.25, 0.3) is 0 Å². The lowest BCUT2D eigenvalue weighted by Crippen LogP contribution is -2.56. The Labute approximate surface area is 122 Å². The number of benzene rings is 1. The minimum Gasteiger partial charge on any atom is -0.479 e. The van der Waals surface area contributed by atoms with Crippen LogP contribution in [0, 0.1) is 11.7 Å². The molecule has 1 aliphatic heterocycles. The van der Waals surface area contributed by atoms with E-state index in [9.17, 15) is 19.1 Å². The molecule has 1 heterocycles. The first kappa shape index (κ1) is 15.4. The Balaban J connectivity index is 2.01. The fourth-order valence-electron chi connectivity index (χ4n) is 2.35. The van der Waals surface area contributed by atoms with Gasteiger partial charge in [-0.25, -0.2) is 9.18 Å². The minimum atomic E-state index is -1.34. The molecule has 2 unspecified atom stereocenters. The highest BCUT2D eigenvalue weighted by Gasteiger charge is 2.44. The molecular weight excluding hydrogens is 277 g/mol. The number of rotatable bonds is 5. The summed E-state index contributed by atoms with van der Waals surface area (Å²) in [7, 11) is 0. The van der Waals surface area contributed by atoms with E-state index in [4.69, 9.17) is 4.74 Å². The van der Waals surface area contributed by atoms with E-state index in [0.717, 1.165) is 0 Å². The van der Waals surface area contributed by atoms with Gasteiger partial charge in [-0.3, -0.25) is 4.79 Å². The Morgan fingerprint density at radius 1 is 1.52 bits per heavy atom. The monoisotopic (exact) mass is 295 g/mol. The lowest BCUT2D eigenvalue weighted by molar-refractivity contribution is -0.148. The number of halogens is 1. The molecular formula is C15H18FNO4. The fraction of sp³-hybridized carbons (Fsp3) is 0.467. The molecule has 5 nitrogen and oxygen atoms in total. The second-order valence-electron chi connectivity index (χ2n) is 5.41. The zero-order chi connectivity index (χ0) is 15.5. The van der Waals surface area contributed by atoms with Crippen molar-refractivity contribution in [2.24, 2.45) is 5.92 Å². The van der Waals surface area contributed by atoms with Gasteiger partial charge in [0.2, 0.25) is 5.91 Å². The van der Waals surface area contributed by atoms with Gasteiger partial charge in [0, 0.05) is 18.9 Å². The fourth-order valence-corrected chi connectivity index (χ4v) is 2.35. The van der Waals surface area contributed by atoms with Crippen LogP contribution in [0.5, 0.6) is 0 Å². The third-order valence-electron chi connectivity index (χ3n) is 3.67. The Morgan fingerprint density at radius 2 is 2.29 bits per heavy atom. The second kappa shape index (κ2) is 6.22. The number of ether oxygens (including phenoxy) is 1. The minimum absolute atomic E-state index is 0.0270. The predicted molar refractivity (Wildman–Crippen MR) is 73.2 cm³/mol. The lowest BCUT2D eigenvalue weighted by Gasteiger charge is -2.25. The molecule has 0 spiro atoms. The van der Waals surface area contributed by atoms with Crippen LogP contribution in [-0.2, 0) is 20.7 Å². The summed E-state index contributed by atoms with van der Waals surface area (Å²) in [6.07, 6.45) is 0.598. The number of hydrogen-bond donors (Lipinski definition) is 2. The first-order valence-corrected chi connectivity index (χ1v) is 6.80. The van der Waals surface area contributed by atoms with Gasteiger partial charge in [-0.1, -0.05) is 19.1 Å². The first-order chi connectivity index (χ1) is 9.93. The molecule has 2 N–H and O–H groups in total. The summed E-state index contributed by atoms with van der Waals surface area (Å²) in [5.41, 5.74) is -0.641. The molecule has 0 saturated carbocycles. The molecule has 0 radical (unpaired) electrons. The van der Waals surface area contributed by atoms with Gasteiger partial charge in [0.05, 0.1) is 6.61 Å². The summed E-state index contributed by atoms with van der Waals surface area (Å²) < 4.78 is 18.2. The van der Waals surface area contributed by atoms with Crippen LogP contribution in [-0.4, -0.2) is 35.7 Å². The van der Waals surface area contributed by atoms with Crippen molar-refractivity contribution >= 4 is 11.9 Å². The molecule has 0 aromatic heterocycles. The molecule has 2 atom stereocenters. The zero-order valence-electron chi connectivity index (χ0n) is 11.8. The first-order valence-electron chi connectivity index (χ1n) is 6.80. The summed E-state index contributed by atoms with van der Waals surface area (Å²) in [6.45, 7) is 1.97. The third kappa shape index (κ3) is 3.58. The highest BCUT2D eigenvalue weighted by molar-refractivity contribution is 5.88. The maximum Gasteiger partial charge on any atom is 0.331 e. The lowest BCUT2D eigenvalue weighted by atomic mass is 9.95. The van der Waals surface area contributed by atoms with Gasteiger partial charge >= 0.3 is 5.97 Å². The van der Waals surface area contributed by atoms with Gasteiger partial charge in [0.15, 0.2) is 5.54 Å². The van der Waals surface area contributed by atoms with E-state index in [2.05, 4.69) is 5.32 Å². The van der Waals surface area contributed by atoms with Crippen LogP contribution in [0.2, 0.25) is 0 Å². The Kier molecular flexibility index (Phi) is 4.57. The van der Waals surface area contributed by atoms with Gasteiger partial charge in [0.1, 0.15) is 5.82 Å². The highest BCUT2D eigenvalue weighted by Crippen LogP contribution is 2.20. The second-order valence-corrected chi connectivity index (χ2v) is 5.41. The number of carbonyl (C=O) groups excluding carboxylic acids is 1. The van der Waals surface area contributed by atoms with Crippen LogP contribution in [0.3, 0.4) is 0 Å². The summed E-state index contributed by atoms with van der Waals surface area (Å²) in [6, 6.07) is 6.02. The summed E-state index contributed by atoms with van der Waals surface area (Å²) in [5, 5.41) is 11.8. The van der Waals surface area contributed by atoms with Crippen LogP contribution in [0.1, 0.15) is 18.9 Å². The van der Waals surface area contributed by atoms with Gasteiger partial charge in [-0.15, -0.1) is 0 Å². The number of carbonyl (C=O) groups is 2. The summed E-state index contributed by atoms with van der Waals surface area (Å²) in [4.78, 5) is 23.5. The molecule has 1 aliphatic rings. The van der Waals surface area contributed by atoms with Gasteiger partial charge in [-0.05, 0) is 24.1 Å². The molecule has 1 amide bonds. The summed E-state index contributed by atoms with van der Waals surface area (Å²) in [5.74, 6) is -2.27. The Morgan fingerprint density at radius 3 is 2.86 bits per heavy atom. The van der Waals surface area contributed by atoms with Crippen molar-refractivity contribution < 1.29 is 23.8 Å². The third-order valence-corrected chi connectivity index (χ3v) is 3.67. The average Bonchev–Trinajstić information content (AvgIpc) is 2.88. The van der Waals surface area contributed by atoms with Crippen molar-refractivity contribution in [2.75, 3.05) is 13.2 Å². The van der Waals surface area contributed by atoms with E-state index in [1.807, 2.05) is 0 Å². The number of nitrogens with one attached hydrogen (secondary N) is 1. The molecule has 6 heteroatoms. The van der Waals surface area contributed by atoms with Gasteiger partial charge in [-0.2, -0.15) is 0 Å².